The molecule has 2 rings (SSSR count). The van der Waals surface area contributed by atoms with Gasteiger partial charge >= 0.3 is 5.97 Å². The predicted octanol–water partition coefficient (Wildman–Crippen LogP) is 2.38. The normalized spacial score (nSPS) is 10.0. The van der Waals surface area contributed by atoms with E-state index < -0.39 is 0 Å². The number of para-hydroxylation sites is 1. The van der Waals surface area contributed by atoms with Crippen molar-refractivity contribution in [2.45, 2.75) is 19.9 Å². The van der Waals surface area contributed by atoms with Gasteiger partial charge in [0.1, 0.15) is 0 Å². The summed E-state index contributed by atoms with van der Waals surface area (Å²) < 4.78 is 5.02. The Bertz CT molecular complexity index is 674. The average molecular weight is 327 g/mol. The van der Waals surface area contributed by atoms with E-state index in [9.17, 15) is 9.59 Å². The highest BCUT2D eigenvalue weighted by Gasteiger charge is 2.11. The highest BCUT2D eigenvalue weighted by molar-refractivity contribution is 5.95. The van der Waals surface area contributed by atoms with Crippen molar-refractivity contribution in [3.8, 4) is 0 Å². The van der Waals surface area contributed by atoms with Gasteiger partial charge in [-0.25, -0.2) is 4.79 Å². The zero-order valence-corrected chi connectivity index (χ0v) is 13.6. The lowest BCUT2D eigenvalue weighted by molar-refractivity contribution is -0.121. The van der Waals surface area contributed by atoms with E-state index in [0.717, 1.165) is 5.56 Å². The number of nitrogens with one attached hydrogen (secondary N) is 2. The molecule has 1 amide bonds. The van der Waals surface area contributed by atoms with Gasteiger partial charge < -0.3 is 15.4 Å². The van der Waals surface area contributed by atoms with Crippen LogP contribution in [0.5, 0.6) is 0 Å². The van der Waals surface area contributed by atoms with Gasteiger partial charge in [0, 0.05) is 37.6 Å². The number of esters is 1. The highest BCUT2D eigenvalue weighted by Crippen LogP contribution is 2.16. The van der Waals surface area contributed by atoms with Crippen LogP contribution in [0, 0.1) is 0 Å². The number of hydrogen-bond donors (Lipinski definition) is 2. The molecule has 0 fully saturated rings. The maximum atomic E-state index is 11.9. The Kier molecular flexibility index (Phi) is 6.76. The fourth-order valence-electron chi connectivity index (χ4n) is 2.13. The van der Waals surface area contributed by atoms with Crippen molar-refractivity contribution in [1.82, 2.24) is 10.3 Å². The molecule has 0 atom stereocenters. The molecule has 6 nitrogen and oxygen atoms in total. The van der Waals surface area contributed by atoms with E-state index in [1.54, 1.807) is 37.5 Å². The van der Waals surface area contributed by atoms with E-state index >= 15 is 0 Å². The smallest absolute Gasteiger partial charge is 0.340 e. The van der Waals surface area contributed by atoms with Gasteiger partial charge in [0.25, 0.3) is 0 Å². The third-order valence-corrected chi connectivity index (χ3v) is 3.30. The number of aromatic nitrogens is 1. The Morgan fingerprint density at radius 3 is 2.75 bits per heavy atom. The lowest BCUT2D eigenvalue weighted by atomic mass is 10.1. The van der Waals surface area contributed by atoms with E-state index in [2.05, 4.69) is 15.6 Å². The van der Waals surface area contributed by atoms with Gasteiger partial charge in [-0.05, 0) is 30.7 Å². The zero-order valence-electron chi connectivity index (χ0n) is 13.6. The van der Waals surface area contributed by atoms with Crippen molar-refractivity contribution in [1.29, 1.82) is 0 Å². The minimum atomic E-state index is -0.373. The van der Waals surface area contributed by atoms with Crippen LogP contribution in [-0.4, -0.2) is 30.0 Å². The fraction of sp³-hybridized carbons (Fsp3) is 0.278. The van der Waals surface area contributed by atoms with Gasteiger partial charge in [-0.3, -0.25) is 9.78 Å². The molecule has 0 radical (unpaired) electrons. The Morgan fingerprint density at radius 1 is 1.17 bits per heavy atom. The SMILES string of the molecule is CCOC(=O)c1ccccc1NCCC(=O)NCc1cccnc1. The quantitative estimate of drug-likeness (QED) is 0.728. The summed E-state index contributed by atoms with van der Waals surface area (Å²) in [6.07, 6.45) is 3.71. The minimum Gasteiger partial charge on any atom is -0.462 e. The van der Waals surface area contributed by atoms with Crippen LogP contribution in [0.1, 0.15) is 29.3 Å². The third kappa shape index (κ3) is 5.39. The number of pyridine rings is 1. The van der Waals surface area contributed by atoms with Crippen LogP contribution >= 0.6 is 0 Å². The highest BCUT2D eigenvalue weighted by atomic mass is 16.5. The van der Waals surface area contributed by atoms with Crippen LogP contribution in [0.4, 0.5) is 5.69 Å². The molecule has 1 heterocycles. The van der Waals surface area contributed by atoms with Crippen LogP contribution in [0.15, 0.2) is 48.8 Å². The van der Waals surface area contributed by atoms with Gasteiger partial charge in [-0.1, -0.05) is 18.2 Å². The summed E-state index contributed by atoms with van der Waals surface area (Å²) in [5, 5.41) is 5.94. The molecule has 0 aliphatic heterocycles. The summed E-state index contributed by atoms with van der Waals surface area (Å²) >= 11 is 0. The maximum absolute atomic E-state index is 11.9. The summed E-state index contributed by atoms with van der Waals surface area (Å²) in [7, 11) is 0. The van der Waals surface area contributed by atoms with Gasteiger partial charge in [0.2, 0.25) is 5.91 Å². The molecule has 0 aliphatic carbocycles. The first-order valence-corrected chi connectivity index (χ1v) is 7.86. The first-order valence-electron chi connectivity index (χ1n) is 7.86. The number of anilines is 1. The van der Waals surface area contributed by atoms with Crippen LogP contribution < -0.4 is 10.6 Å². The molecular formula is C18H21N3O3. The van der Waals surface area contributed by atoms with Gasteiger partial charge in [-0.15, -0.1) is 0 Å². The molecule has 0 saturated heterocycles. The topological polar surface area (TPSA) is 80.3 Å². The van der Waals surface area contributed by atoms with Crippen molar-refractivity contribution in [2.75, 3.05) is 18.5 Å². The molecule has 0 aliphatic rings. The van der Waals surface area contributed by atoms with Gasteiger partial charge in [0.15, 0.2) is 0 Å². The first-order chi connectivity index (χ1) is 11.7. The van der Waals surface area contributed by atoms with E-state index in [1.165, 1.54) is 0 Å². The molecule has 2 aromatic rings. The van der Waals surface area contributed by atoms with Crippen LogP contribution in [-0.2, 0) is 16.1 Å². The summed E-state index contributed by atoms with van der Waals surface area (Å²) in [5.74, 6) is -0.443. The van der Waals surface area contributed by atoms with Gasteiger partial charge in [0.05, 0.1) is 12.2 Å². The van der Waals surface area contributed by atoms with E-state index in [0.29, 0.717) is 37.4 Å². The molecule has 2 N–H and O–H groups in total. The number of carbonyl (C=O) groups excluding carboxylic acids is 2. The van der Waals surface area contributed by atoms with Crippen molar-refractivity contribution in [2.24, 2.45) is 0 Å². The molecule has 24 heavy (non-hydrogen) atoms. The molecule has 0 spiro atoms. The summed E-state index contributed by atoms with van der Waals surface area (Å²) in [6.45, 7) is 2.96. The molecular weight excluding hydrogens is 306 g/mol. The minimum absolute atomic E-state index is 0.0695. The first kappa shape index (κ1) is 17.5. The standard InChI is InChI=1S/C18H21N3O3/c1-2-24-18(23)15-7-3-4-8-16(15)20-11-9-17(22)21-13-14-6-5-10-19-12-14/h3-8,10,12,20H,2,9,11,13H2,1H3,(H,21,22). The summed E-state index contributed by atoms with van der Waals surface area (Å²) in [5.41, 5.74) is 2.08. The summed E-state index contributed by atoms with van der Waals surface area (Å²) in [6, 6.07) is 10.8. The molecule has 1 aromatic carbocycles. The molecule has 0 saturated carbocycles. The van der Waals surface area contributed by atoms with Crippen LogP contribution in [0.2, 0.25) is 0 Å². The second-order valence-electron chi connectivity index (χ2n) is 5.08. The largest absolute Gasteiger partial charge is 0.462 e. The Balaban J connectivity index is 1.79. The Morgan fingerprint density at radius 2 is 2.00 bits per heavy atom. The monoisotopic (exact) mass is 327 g/mol. The third-order valence-electron chi connectivity index (χ3n) is 3.30. The zero-order chi connectivity index (χ0) is 17.2. The number of nitrogens with zero attached hydrogens (tertiary/aromatic N) is 1. The molecule has 0 bridgehead atoms. The number of ether oxygens (including phenoxy) is 1. The van der Waals surface area contributed by atoms with E-state index in [4.69, 9.17) is 4.74 Å². The average Bonchev–Trinajstić information content (AvgIpc) is 2.61. The second kappa shape index (κ2) is 9.29. The van der Waals surface area contributed by atoms with Crippen molar-refractivity contribution >= 4 is 17.6 Å². The van der Waals surface area contributed by atoms with Crippen LogP contribution in [0.3, 0.4) is 0 Å². The molecule has 6 heteroatoms. The number of hydrogen-bond acceptors (Lipinski definition) is 5. The second-order valence-corrected chi connectivity index (χ2v) is 5.08. The number of amides is 1. The number of benzene rings is 1. The summed E-state index contributed by atoms with van der Waals surface area (Å²) in [4.78, 5) is 27.7. The Labute approximate surface area is 141 Å². The van der Waals surface area contributed by atoms with E-state index in [-0.39, 0.29) is 11.9 Å². The number of rotatable bonds is 8. The predicted molar refractivity (Wildman–Crippen MR) is 91.6 cm³/mol. The molecule has 1 aromatic heterocycles. The lowest BCUT2D eigenvalue weighted by Crippen LogP contribution is -2.25. The van der Waals surface area contributed by atoms with Crippen molar-refractivity contribution < 1.29 is 14.3 Å². The van der Waals surface area contributed by atoms with Crippen LogP contribution in [0.25, 0.3) is 0 Å². The molecule has 126 valence electrons. The van der Waals surface area contributed by atoms with Gasteiger partial charge in [-0.2, -0.15) is 0 Å². The molecule has 0 unspecified atom stereocenters. The van der Waals surface area contributed by atoms with Crippen molar-refractivity contribution in [3.05, 3.63) is 59.9 Å². The Hall–Kier alpha value is -2.89. The van der Waals surface area contributed by atoms with Crippen molar-refractivity contribution in [3.63, 3.8) is 0 Å². The maximum Gasteiger partial charge on any atom is 0.340 e. The lowest BCUT2D eigenvalue weighted by Gasteiger charge is -2.11. The van der Waals surface area contributed by atoms with E-state index in [1.807, 2.05) is 18.2 Å². The fourth-order valence-corrected chi connectivity index (χ4v) is 2.13. The number of carbonyl (C=O) groups is 2.